The lowest BCUT2D eigenvalue weighted by atomic mass is 10.2. The molecule has 0 aromatic carbocycles. The molecular weight excluding hydrogens is 218 g/mol. The van der Waals surface area contributed by atoms with E-state index in [0.29, 0.717) is 25.3 Å². The Labute approximate surface area is 102 Å². The van der Waals surface area contributed by atoms with Crippen molar-refractivity contribution < 1.29 is 9.63 Å². The minimum absolute atomic E-state index is 0.145. The van der Waals surface area contributed by atoms with Crippen molar-refractivity contribution in [2.75, 3.05) is 19.7 Å². The SMILES string of the molecule is CC#C/C(C)=N\OCCNC[C@H]1CCC(=O)N1. The summed E-state index contributed by atoms with van der Waals surface area (Å²) in [5.74, 6) is 5.68. The zero-order valence-corrected chi connectivity index (χ0v) is 10.4. The fraction of sp³-hybridized carbons (Fsp3) is 0.667. The van der Waals surface area contributed by atoms with Crippen molar-refractivity contribution in [1.82, 2.24) is 10.6 Å². The van der Waals surface area contributed by atoms with Crippen LogP contribution in [0.2, 0.25) is 0 Å². The van der Waals surface area contributed by atoms with E-state index in [1.165, 1.54) is 0 Å². The number of amides is 1. The van der Waals surface area contributed by atoms with Crippen LogP contribution >= 0.6 is 0 Å². The molecule has 1 aliphatic heterocycles. The lowest BCUT2D eigenvalue weighted by molar-refractivity contribution is -0.119. The maximum atomic E-state index is 10.9. The van der Waals surface area contributed by atoms with Crippen molar-refractivity contribution in [2.45, 2.75) is 32.7 Å². The second-order valence-corrected chi connectivity index (χ2v) is 3.89. The molecule has 2 N–H and O–H groups in total. The molecule has 5 heteroatoms. The highest BCUT2D eigenvalue weighted by Gasteiger charge is 2.19. The predicted molar refractivity (Wildman–Crippen MR) is 66.5 cm³/mol. The molecule has 0 spiro atoms. The van der Waals surface area contributed by atoms with Crippen LogP contribution in [0, 0.1) is 11.8 Å². The molecule has 1 heterocycles. The van der Waals surface area contributed by atoms with E-state index in [9.17, 15) is 4.79 Å². The third kappa shape index (κ3) is 5.93. The van der Waals surface area contributed by atoms with Crippen LogP contribution in [0.1, 0.15) is 26.7 Å². The zero-order valence-electron chi connectivity index (χ0n) is 10.4. The summed E-state index contributed by atoms with van der Waals surface area (Å²) in [5.41, 5.74) is 0.676. The summed E-state index contributed by atoms with van der Waals surface area (Å²) in [6.07, 6.45) is 1.55. The number of carbonyl (C=O) groups excluding carboxylic acids is 1. The molecule has 1 fully saturated rings. The van der Waals surface area contributed by atoms with Gasteiger partial charge in [0.25, 0.3) is 0 Å². The van der Waals surface area contributed by atoms with Crippen LogP contribution in [0.25, 0.3) is 0 Å². The molecule has 0 radical (unpaired) electrons. The Balaban J connectivity index is 1.99. The summed E-state index contributed by atoms with van der Waals surface area (Å²) in [4.78, 5) is 16.0. The summed E-state index contributed by atoms with van der Waals surface area (Å²) < 4.78 is 0. The van der Waals surface area contributed by atoms with Crippen molar-refractivity contribution in [3.05, 3.63) is 0 Å². The first-order chi connectivity index (χ1) is 8.22. The van der Waals surface area contributed by atoms with Crippen LogP contribution in [0.5, 0.6) is 0 Å². The fourth-order valence-electron chi connectivity index (χ4n) is 1.57. The Bertz CT molecular complexity index is 341. The van der Waals surface area contributed by atoms with Crippen LogP contribution in [-0.4, -0.2) is 37.4 Å². The van der Waals surface area contributed by atoms with Gasteiger partial charge in [0, 0.05) is 25.6 Å². The monoisotopic (exact) mass is 237 g/mol. The summed E-state index contributed by atoms with van der Waals surface area (Å²) in [6, 6.07) is 0.263. The fourth-order valence-corrected chi connectivity index (χ4v) is 1.57. The molecule has 1 aliphatic rings. The van der Waals surface area contributed by atoms with Gasteiger partial charge in [-0.05, 0) is 26.2 Å². The Hall–Kier alpha value is -1.54. The number of nitrogens with zero attached hydrogens (tertiary/aromatic N) is 1. The smallest absolute Gasteiger partial charge is 0.220 e. The van der Waals surface area contributed by atoms with Crippen LogP contribution in [0.3, 0.4) is 0 Å². The van der Waals surface area contributed by atoms with E-state index in [0.717, 1.165) is 13.0 Å². The Kier molecular flexibility index (Phi) is 6.12. The highest BCUT2D eigenvalue weighted by atomic mass is 16.6. The van der Waals surface area contributed by atoms with Crippen LogP contribution in [0.15, 0.2) is 5.16 Å². The second kappa shape index (κ2) is 7.69. The lowest BCUT2D eigenvalue weighted by Crippen LogP contribution is -2.36. The molecule has 0 unspecified atom stereocenters. The molecule has 1 rings (SSSR count). The Morgan fingerprint density at radius 1 is 1.71 bits per heavy atom. The molecule has 1 saturated heterocycles. The standard InChI is InChI=1S/C12H19N3O2/c1-3-4-10(2)15-17-8-7-13-9-11-5-6-12(16)14-11/h11,13H,5-9H2,1-2H3,(H,14,16)/b15-10-/t11-/m1/s1. The number of nitrogens with one attached hydrogen (secondary N) is 2. The van der Waals surface area contributed by atoms with Gasteiger partial charge in [-0.25, -0.2) is 0 Å². The molecule has 1 amide bonds. The number of hydrogen-bond acceptors (Lipinski definition) is 4. The quantitative estimate of drug-likeness (QED) is 0.302. The maximum absolute atomic E-state index is 10.9. The van der Waals surface area contributed by atoms with Crippen molar-refractivity contribution in [3.63, 3.8) is 0 Å². The topological polar surface area (TPSA) is 62.7 Å². The highest BCUT2D eigenvalue weighted by Crippen LogP contribution is 2.04. The first-order valence-electron chi connectivity index (χ1n) is 5.81. The average Bonchev–Trinajstić information content (AvgIpc) is 2.70. The van der Waals surface area contributed by atoms with Gasteiger partial charge in [0.15, 0.2) is 0 Å². The van der Waals surface area contributed by atoms with E-state index in [-0.39, 0.29) is 11.9 Å². The predicted octanol–water partition coefficient (Wildman–Crippen LogP) is 0.270. The van der Waals surface area contributed by atoms with Gasteiger partial charge in [0.2, 0.25) is 5.91 Å². The van der Waals surface area contributed by atoms with Crippen molar-refractivity contribution in [2.24, 2.45) is 5.16 Å². The van der Waals surface area contributed by atoms with Crippen molar-refractivity contribution >= 4 is 11.6 Å². The normalized spacial score (nSPS) is 19.5. The van der Waals surface area contributed by atoms with Gasteiger partial charge < -0.3 is 15.5 Å². The van der Waals surface area contributed by atoms with Gasteiger partial charge in [-0.1, -0.05) is 11.1 Å². The molecule has 0 bridgehead atoms. The first-order valence-corrected chi connectivity index (χ1v) is 5.81. The van der Waals surface area contributed by atoms with Crippen LogP contribution in [0.4, 0.5) is 0 Å². The van der Waals surface area contributed by atoms with E-state index in [4.69, 9.17) is 4.84 Å². The Morgan fingerprint density at radius 3 is 3.18 bits per heavy atom. The molecule has 5 nitrogen and oxygen atoms in total. The number of carbonyl (C=O) groups is 1. The van der Waals surface area contributed by atoms with Gasteiger partial charge >= 0.3 is 0 Å². The van der Waals surface area contributed by atoms with Crippen LogP contribution < -0.4 is 10.6 Å². The van der Waals surface area contributed by atoms with E-state index in [1.54, 1.807) is 13.8 Å². The van der Waals surface area contributed by atoms with Crippen molar-refractivity contribution in [1.29, 1.82) is 0 Å². The molecule has 0 aliphatic carbocycles. The van der Waals surface area contributed by atoms with Gasteiger partial charge in [-0.2, -0.15) is 0 Å². The number of rotatable bonds is 6. The molecule has 0 saturated carbocycles. The Morgan fingerprint density at radius 2 is 2.53 bits per heavy atom. The number of hydrogen-bond donors (Lipinski definition) is 2. The van der Waals surface area contributed by atoms with E-state index >= 15 is 0 Å². The molecule has 1 atom stereocenters. The minimum atomic E-state index is 0.145. The molecule has 0 aromatic heterocycles. The summed E-state index contributed by atoms with van der Waals surface area (Å²) >= 11 is 0. The lowest BCUT2D eigenvalue weighted by Gasteiger charge is -2.10. The molecule has 0 aromatic rings. The maximum Gasteiger partial charge on any atom is 0.220 e. The average molecular weight is 237 g/mol. The molecule has 17 heavy (non-hydrogen) atoms. The van der Waals surface area contributed by atoms with Gasteiger partial charge in [0.1, 0.15) is 12.3 Å². The van der Waals surface area contributed by atoms with E-state index in [1.807, 2.05) is 0 Å². The van der Waals surface area contributed by atoms with E-state index in [2.05, 4.69) is 27.6 Å². The zero-order chi connectivity index (χ0) is 12.5. The highest BCUT2D eigenvalue weighted by molar-refractivity contribution is 5.97. The van der Waals surface area contributed by atoms with Gasteiger partial charge in [-0.15, -0.1) is 0 Å². The summed E-state index contributed by atoms with van der Waals surface area (Å²) in [5, 5.41) is 9.93. The third-order valence-corrected chi connectivity index (χ3v) is 2.35. The molecular formula is C12H19N3O2. The number of oxime groups is 1. The molecule has 94 valence electrons. The van der Waals surface area contributed by atoms with Gasteiger partial charge in [0.05, 0.1) is 0 Å². The van der Waals surface area contributed by atoms with Crippen molar-refractivity contribution in [3.8, 4) is 11.8 Å². The van der Waals surface area contributed by atoms with Crippen LogP contribution in [-0.2, 0) is 9.63 Å². The first kappa shape index (κ1) is 13.5. The summed E-state index contributed by atoms with van der Waals surface area (Å²) in [6.45, 7) is 5.56. The second-order valence-electron chi connectivity index (χ2n) is 3.89. The minimum Gasteiger partial charge on any atom is -0.394 e. The van der Waals surface area contributed by atoms with E-state index < -0.39 is 0 Å². The third-order valence-electron chi connectivity index (χ3n) is 2.35. The summed E-state index contributed by atoms with van der Waals surface area (Å²) in [7, 11) is 0. The largest absolute Gasteiger partial charge is 0.394 e. The van der Waals surface area contributed by atoms with Gasteiger partial charge in [-0.3, -0.25) is 4.79 Å².